The number of ketones is 2. The largest absolute Gasteiger partial charge is 0.482 e. The van der Waals surface area contributed by atoms with Gasteiger partial charge in [-0.1, -0.05) is 29.3 Å². The topological polar surface area (TPSA) is 75.7 Å². The average molecular weight is 525 g/mol. The van der Waals surface area contributed by atoms with Crippen LogP contribution in [-0.4, -0.2) is 36.0 Å². The van der Waals surface area contributed by atoms with Gasteiger partial charge in [-0.15, -0.1) is 0 Å². The van der Waals surface area contributed by atoms with Crippen molar-refractivity contribution in [1.29, 1.82) is 0 Å². The second-order valence-electron chi connectivity index (χ2n) is 9.30. The highest BCUT2D eigenvalue weighted by molar-refractivity contribution is 6.32. The fraction of sp³-hybridized carbons (Fsp3) is 0.321. The third kappa shape index (κ3) is 4.67. The Morgan fingerprint density at radius 3 is 2.14 bits per heavy atom. The van der Waals surface area contributed by atoms with Crippen molar-refractivity contribution in [3.8, 4) is 5.75 Å². The van der Waals surface area contributed by atoms with Gasteiger partial charge in [-0.3, -0.25) is 14.4 Å². The molecule has 0 saturated carbocycles. The molecule has 0 radical (unpaired) electrons. The maximum Gasteiger partial charge on any atom is 0.262 e. The van der Waals surface area contributed by atoms with Gasteiger partial charge in [-0.05, 0) is 67.6 Å². The highest BCUT2D eigenvalue weighted by Crippen LogP contribution is 2.49. The van der Waals surface area contributed by atoms with Crippen molar-refractivity contribution < 1.29 is 19.1 Å². The molecule has 3 aliphatic rings. The van der Waals surface area contributed by atoms with E-state index in [9.17, 15) is 14.4 Å². The molecule has 1 amide bonds. The van der Waals surface area contributed by atoms with E-state index in [1.54, 1.807) is 36.4 Å². The standard InChI is InChI=1S/C28H26Cl2N2O4/c1-32-20-4-2-6-22(33)27(20)26(28-21(32)5-3-7-23(28)34)16-8-13-24(19(30)14-16)36-15-25(35)31-18-11-9-17(29)10-12-18/h8-14,26H,2-7,15H2,1H3,(H,31,35). The minimum Gasteiger partial charge on any atom is -0.482 e. The smallest absolute Gasteiger partial charge is 0.262 e. The van der Waals surface area contributed by atoms with Crippen LogP contribution in [0.15, 0.2) is 65.0 Å². The lowest BCUT2D eigenvalue weighted by Crippen LogP contribution is -2.37. The number of rotatable bonds is 5. The van der Waals surface area contributed by atoms with Crippen LogP contribution in [0.5, 0.6) is 5.75 Å². The summed E-state index contributed by atoms with van der Waals surface area (Å²) in [5.41, 5.74) is 4.85. The van der Waals surface area contributed by atoms with Gasteiger partial charge in [-0.25, -0.2) is 0 Å². The summed E-state index contributed by atoms with van der Waals surface area (Å²) < 4.78 is 5.67. The predicted molar refractivity (Wildman–Crippen MR) is 139 cm³/mol. The molecule has 5 rings (SSSR count). The minimum atomic E-state index is -0.424. The van der Waals surface area contributed by atoms with Crippen LogP contribution < -0.4 is 10.1 Å². The van der Waals surface area contributed by atoms with Gasteiger partial charge in [-0.2, -0.15) is 0 Å². The molecule has 0 aromatic heterocycles. The van der Waals surface area contributed by atoms with Crippen LogP contribution in [-0.2, 0) is 14.4 Å². The molecule has 2 aliphatic carbocycles. The maximum absolute atomic E-state index is 13.1. The van der Waals surface area contributed by atoms with Crippen molar-refractivity contribution in [2.45, 2.75) is 44.4 Å². The summed E-state index contributed by atoms with van der Waals surface area (Å²) in [5, 5.41) is 3.64. The summed E-state index contributed by atoms with van der Waals surface area (Å²) in [6.07, 6.45) is 4.23. The molecule has 0 bridgehead atoms. The van der Waals surface area contributed by atoms with Gasteiger partial charge < -0.3 is 15.0 Å². The SMILES string of the molecule is CN1C2=C(C(=O)CCC2)C(c2ccc(OCC(=O)Nc3ccc(Cl)cc3)c(Cl)c2)C2=C1CCCC2=O. The Morgan fingerprint density at radius 1 is 0.944 bits per heavy atom. The van der Waals surface area contributed by atoms with Crippen molar-refractivity contribution in [3.63, 3.8) is 0 Å². The molecule has 0 spiro atoms. The number of allylic oxidation sites excluding steroid dienone is 4. The lowest BCUT2D eigenvalue weighted by atomic mass is 9.71. The van der Waals surface area contributed by atoms with E-state index in [-0.39, 0.29) is 24.1 Å². The Balaban J connectivity index is 1.40. The van der Waals surface area contributed by atoms with Gasteiger partial charge in [0.05, 0.1) is 5.02 Å². The van der Waals surface area contributed by atoms with E-state index < -0.39 is 5.92 Å². The van der Waals surface area contributed by atoms with Crippen molar-refractivity contribution >= 4 is 46.4 Å². The third-order valence-corrected chi connectivity index (χ3v) is 7.57. The first kappa shape index (κ1) is 24.6. The predicted octanol–water partition coefficient (Wildman–Crippen LogP) is 6.05. The number of halogens is 2. The Morgan fingerprint density at radius 2 is 1.56 bits per heavy atom. The number of Topliss-reactive ketones (excluding diaryl/α,β-unsaturated/α-hetero) is 2. The molecule has 36 heavy (non-hydrogen) atoms. The molecule has 2 aromatic carbocycles. The zero-order valence-corrected chi connectivity index (χ0v) is 21.4. The van der Waals surface area contributed by atoms with E-state index in [1.807, 2.05) is 13.1 Å². The van der Waals surface area contributed by atoms with E-state index >= 15 is 0 Å². The molecule has 2 aromatic rings. The number of hydrogen-bond acceptors (Lipinski definition) is 5. The highest BCUT2D eigenvalue weighted by Gasteiger charge is 2.42. The molecule has 1 N–H and O–H groups in total. The van der Waals surface area contributed by atoms with Gasteiger partial charge in [0.15, 0.2) is 18.2 Å². The molecule has 0 saturated heterocycles. The second kappa shape index (κ2) is 10.1. The van der Waals surface area contributed by atoms with Crippen molar-refractivity contribution in [3.05, 3.63) is 80.6 Å². The molecule has 0 fully saturated rings. The molecule has 1 heterocycles. The molecular weight excluding hydrogens is 499 g/mol. The van der Waals surface area contributed by atoms with E-state index in [1.165, 1.54) is 0 Å². The molecule has 0 atom stereocenters. The first-order chi connectivity index (χ1) is 17.3. The molecular formula is C28H26Cl2N2O4. The number of benzene rings is 2. The summed E-state index contributed by atoms with van der Waals surface area (Å²) in [6.45, 7) is -0.225. The molecule has 6 nitrogen and oxygen atoms in total. The van der Waals surface area contributed by atoms with Crippen LogP contribution in [0.25, 0.3) is 0 Å². The number of hydrogen-bond donors (Lipinski definition) is 1. The van der Waals surface area contributed by atoms with Gasteiger partial charge >= 0.3 is 0 Å². The highest BCUT2D eigenvalue weighted by atomic mass is 35.5. The van der Waals surface area contributed by atoms with Crippen LogP contribution >= 0.6 is 23.2 Å². The minimum absolute atomic E-state index is 0.0911. The van der Waals surface area contributed by atoms with Crippen molar-refractivity contribution in [1.82, 2.24) is 4.90 Å². The molecule has 1 aliphatic heterocycles. The number of carbonyl (C=O) groups excluding carboxylic acids is 3. The van der Waals surface area contributed by atoms with Gasteiger partial charge in [0.1, 0.15) is 5.75 Å². The Bertz CT molecular complexity index is 1270. The number of carbonyl (C=O) groups is 3. The lowest BCUT2D eigenvalue weighted by Gasteiger charge is -2.42. The molecule has 186 valence electrons. The number of nitrogens with one attached hydrogen (secondary N) is 1. The van der Waals surface area contributed by atoms with Crippen LogP contribution in [0.1, 0.15) is 50.0 Å². The lowest BCUT2D eigenvalue weighted by molar-refractivity contribution is -0.118. The number of amides is 1. The van der Waals surface area contributed by atoms with E-state index in [0.717, 1.165) is 42.6 Å². The summed E-state index contributed by atoms with van der Waals surface area (Å²) >= 11 is 12.5. The number of anilines is 1. The first-order valence-corrected chi connectivity index (χ1v) is 12.8. The van der Waals surface area contributed by atoms with Crippen molar-refractivity contribution in [2.75, 3.05) is 19.0 Å². The second-order valence-corrected chi connectivity index (χ2v) is 10.1. The number of ether oxygens (including phenoxy) is 1. The van der Waals surface area contributed by atoms with Crippen LogP contribution in [0.3, 0.4) is 0 Å². The van der Waals surface area contributed by atoms with E-state index in [0.29, 0.717) is 45.5 Å². The quantitative estimate of drug-likeness (QED) is 0.514. The Hall–Kier alpha value is -3.09. The average Bonchev–Trinajstić information content (AvgIpc) is 2.86. The summed E-state index contributed by atoms with van der Waals surface area (Å²) in [4.78, 5) is 40.6. The van der Waals surface area contributed by atoms with Crippen LogP contribution in [0.2, 0.25) is 10.0 Å². The zero-order valence-electron chi connectivity index (χ0n) is 19.9. The van der Waals surface area contributed by atoms with E-state index in [4.69, 9.17) is 27.9 Å². The monoisotopic (exact) mass is 524 g/mol. The summed E-state index contributed by atoms with van der Waals surface area (Å²) in [7, 11) is 1.97. The van der Waals surface area contributed by atoms with Gasteiger partial charge in [0.25, 0.3) is 5.91 Å². The Labute approximate surface area is 219 Å². The van der Waals surface area contributed by atoms with Gasteiger partial charge in [0.2, 0.25) is 0 Å². The molecule has 8 heteroatoms. The molecule has 0 unspecified atom stereocenters. The first-order valence-electron chi connectivity index (χ1n) is 12.1. The van der Waals surface area contributed by atoms with Crippen LogP contribution in [0.4, 0.5) is 5.69 Å². The fourth-order valence-electron chi connectivity index (χ4n) is 5.37. The van der Waals surface area contributed by atoms with Crippen molar-refractivity contribution in [2.24, 2.45) is 0 Å². The Kier molecular flexibility index (Phi) is 6.91. The van der Waals surface area contributed by atoms with Crippen LogP contribution in [0, 0.1) is 0 Å². The summed E-state index contributed by atoms with van der Waals surface area (Å²) in [5.74, 6) is -0.223. The normalized spacial score (nSPS) is 18.2. The van der Waals surface area contributed by atoms with Gasteiger partial charge in [0, 0.05) is 59.1 Å². The third-order valence-electron chi connectivity index (χ3n) is 7.02. The number of nitrogens with zero attached hydrogens (tertiary/aromatic N) is 1. The fourth-order valence-corrected chi connectivity index (χ4v) is 5.74. The maximum atomic E-state index is 13.1. The summed E-state index contributed by atoms with van der Waals surface area (Å²) in [6, 6.07) is 12.1. The van der Waals surface area contributed by atoms with E-state index in [2.05, 4.69) is 10.2 Å². The zero-order chi connectivity index (χ0) is 25.4.